The van der Waals surface area contributed by atoms with E-state index in [0.29, 0.717) is 45.7 Å². The summed E-state index contributed by atoms with van der Waals surface area (Å²) < 4.78 is 18.4. The molecule has 0 spiro atoms. The Balaban J connectivity index is 0.00000225. The van der Waals surface area contributed by atoms with Gasteiger partial charge in [0.15, 0.2) is 0 Å². The average Bonchev–Trinajstić information content (AvgIpc) is 2.94. The second-order valence-electron chi connectivity index (χ2n) is 6.21. The van der Waals surface area contributed by atoms with E-state index >= 15 is 0 Å². The van der Waals surface area contributed by atoms with Gasteiger partial charge in [0.2, 0.25) is 11.8 Å². The molecule has 2 aliphatic heterocycles. The van der Waals surface area contributed by atoms with Crippen molar-refractivity contribution in [2.45, 2.75) is 24.9 Å². The van der Waals surface area contributed by atoms with Crippen LogP contribution in [0.4, 0.5) is 4.39 Å². The highest BCUT2D eigenvalue weighted by Gasteiger charge is 2.39. The van der Waals surface area contributed by atoms with E-state index in [2.05, 4.69) is 0 Å². The van der Waals surface area contributed by atoms with E-state index in [4.69, 9.17) is 10.5 Å². The van der Waals surface area contributed by atoms with Crippen molar-refractivity contribution in [3.8, 4) is 0 Å². The van der Waals surface area contributed by atoms with Crippen LogP contribution in [0.5, 0.6) is 0 Å². The van der Waals surface area contributed by atoms with Gasteiger partial charge in [-0.05, 0) is 24.1 Å². The summed E-state index contributed by atoms with van der Waals surface area (Å²) >= 11 is 0. The molecule has 2 N–H and O–H groups in total. The monoisotopic (exact) mass is 371 g/mol. The van der Waals surface area contributed by atoms with Gasteiger partial charge in [-0.3, -0.25) is 9.59 Å². The smallest absolute Gasteiger partial charge is 0.245 e. The standard InChI is InChI=1S/C17H22FN3O3.ClH/c18-13-3-1-12(2-4-13)11-15(21-6-5-14(19)16(21)22)17(23)20-7-9-24-10-8-20;/h1-4,14-15H,5-11,19H2;1H. The minimum Gasteiger partial charge on any atom is -0.378 e. The molecule has 0 saturated carbocycles. The Bertz CT molecular complexity index is 608. The number of carbonyl (C=O) groups excluding carboxylic acids is 2. The van der Waals surface area contributed by atoms with Crippen LogP contribution in [0.2, 0.25) is 0 Å². The number of likely N-dealkylation sites (tertiary alicyclic amines) is 1. The Morgan fingerprint density at radius 2 is 1.88 bits per heavy atom. The molecule has 2 fully saturated rings. The number of nitrogens with two attached hydrogens (primary N) is 1. The Morgan fingerprint density at radius 1 is 1.24 bits per heavy atom. The highest BCUT2D eigenvalue weighted by atomic mass is 35.5. The molecule has 8 heteroatoms. The molecule has 2 saturated heterocycles. The van der Waals surface area contributed by atoms with Gasteiger partial charge in [0.25, 0.3) is 0 Å². The van der Waals surface area contributed by atoms with E-state index in [9.17, 15) is 14.0 Å². The molecule has 1 aromatic carbocycles. The number of halogens is 2. The van der Waals surface area contributed by atoms with Crippen molar-refractivity contribution in [2.75, 3.05) is 32.8 Å². The Hall–Kier alpha value is -1.70. The quantitative estimate of drug-likeness (QED) is 0.840. The molecule has 2 amide bonds. The lowest BCUT2D eigenvalue weighted by Crippen LogP contribution is -2.54. The Morgan fingerprint density at radius 3 is 2.44 bits per heavy atom. The minimum atomic E-state index is -0.602. The lowest BCUT2D eigenvalue weighted by Gasteiger charge is -2.34. The van der Waals surface area contributed by atoms with E-state index in [-0.39, 0.29) is 30.0 Å². The topological polar surface area (TPSA) is 75.9 Å². The molecule has 3 rings (SSSR count). The van der Waals surface area contributed by atoms with Crippen molar-refractivity contribution in [3.63, 3.8) is 0 Å². The number of hydrogen-bond acceptors (Lipinski definition) is 4. The van der Waals surface area contributed by atoms with Gasteiger partial charge < -0.3 is 20.3 Å². The lowest BCUT2D eigenvalue weighted by molar-refractivity contribution is -0.146. The molecule has 0 bridgehead atoms. The number of morpholine rings is 1. The molecule has 0 aliphatic carbocycles. The largest absolute Gasteiger partial charge is 0.378 e. The zero-order valence-electron chi connectivity index (χ0n) is 13.9. The number of nitrogens with zero attached hydrogens (tertiary/aromatic N) is 2. The number of ether oxygens (including phenoxy) is 1. The van der Waals surface area contributed by atoms with Crippen LogP contribution in [0.15, 0.2) is 24.3 Å². The molecular formula is C17H23ClFN3O3. The summed E-state index contributed by atoms with van der Waals surface area (Å²) in [5, 5.41) is 0. The van der Waals surface area contributed by atoms with Crippen LogP contribution in [-0.4, -0.2) is 66.5 Å². The fraction of sp³-hybridized carbons (Fsp3) is 0.529. The predicted octanol–water partition coefficient (Wildman–Crippen LogP) is 0.577. The summed E-state index contributed by atoms with van der Waals surface area (Å²) in [6, 6.07) is 4.88. The Kier molecular flexibility index (Phi) is 6.75. The first kappa shape index (κ1) is 19.6. The predicted molar refractivity (Wildman–Crippen MR) is 92.8 cm³/mol. The third kappa shape index (κ3) is 4.48. The van der Waals surface area contributed by atoms with Crippen LogP contribution in [0.3, 0.4) is 0 Å². The number of hydrogen-bond donors (Lipinski definition) is 1. The average molecular weight is 372 g/mol. The zero-order chi connectivity index (χ0) is 17.1. The second-order valence-corrected chi connectivity index (χ2v) is 6.21. The van der Waals surface area contributed by atoms with Crippen molar-refractivity contribution in [2.24, 2.45) is 5.73 Å². The first-order valence-electron chi connectivity index (χ1n) is 8.23. The maximum absolute atomic E-state index is 13.1. The molecule has 1 aromatic rings. The molecule has 25 heavy (non-hydrogen) atoms. The van der Waals surface area contributed by atoms with E-state index in [1.54, 1.807) is 21.9 Å². The highest BCUT2D eigenvalue weighted by Crippen LogP contribution is 2.19. The fourth-order valence-corrected chi connectivity index (χ4v) is 3.20. The van der Waals surface area contributed by atoms with Crippen LogP contribution in [-0.2, 0) is 20.7 Å². The molecule has 2 unspecified atom stereocenters. The highest BCUT2D eigenvalue weighted by molar-refractivity contribution is 5.91. The third-order valence-electron chi connectivity index (χ3n) is 4.61. The van der Waals surface area contributed by atoms with E-state index in [0.717, 1.165) is 5.56 Å². The zero-order valence-corrected chi connectivity index (χ0v) is 14.7. The number of amides is 2. The molecule has 2 aliphatic rings. The Labute approximate surface area is 152 Å². The molecule has 2 heterocycles. The first-order valence-corrected chi connectivity index (χ1v) is 8.23. The van der Waals surface area contributed by atoms with Crippen LogP contribution in [0.1, 0.15) is 12.0 Å². The number of benzene rings is 1. The lowest BCUT2D eigenvalue weighted by atomic mass is 10.0. The van der Waals surface area contributed by atoms with E-state index in [1.807, 2.05) is 0 Å². The van der Waals surface area contributed by atoms with Gasteiger partial charge in [-0.2, -0.15) is 0 Å². The third-order valence-corrected chi connectivity index (χ3v) is 4.61. The van der Waals surface area contributed by atoms with Crippen molar-refractivity contribution < 1.29 is 18.7 Å². The van der Waals surface area contributed by atoms with Gasteiger partial charge >= 0.3 is 0 Å². The molecule has 138 valence electrons. The number of carbonyl (C=O) groups is 2. The first-order chi connectivity index (χ1) is 11.6. The van der Waals surface area contributed by atoms with Crippen molar-refractivity contribution in [3.05, 3.63) is 35.6 Å². The summed E-state index contributed by atoms with van der Waals surface area (Å²) in [4.78, 5) is 28.6. The van der Waals surface area contributed by atoms with Crippen molar-refractivity contribution in [1.29, 1.82) is 0 Å². The summed E-state index contributed by atoms with van der Waals surface area (Å²) in [5.41, 5.74) is 6.63. The maximum atomic E-state index is 13.1. The van der Waals surface area contributed by atoms with Gasteiger partial charge in [0.05, 0.1) is 19.3 Å². The summed E-state index contributed by atoms with van der Waals surface area (Å²) in [7, 11) is 0. The van der Waals surface area contributed by atoms with Crippen LogP contribution >= 0.6 is 12.4 Å². The minimum absolute atomic E-state index is 0. The second kappa shape index (κ2) is 8.60. The van der Waals surface area contributed by atoms with Crippen molar-refractivity contribution >= 4 is 24.2 Å². The summed E-state index contributed by atoms with van der Waals surface area (Å²) in [5.74, 6) is -0.608. The van der Waals surface area contributed by atoms with Crippen molar-refractivity contribution in [1.82, 2.24) is 9.80 Å². The molecular weight excluding hydrogens is 349 g/mol. The van der Waals surface area contributed by atoms with Gasteiger partial charge in [-0.15, -0.1) is 12.4 Å². The molecule has 6 nitrogen and oxygen atoms in total. The van der Waals surface area contributed by atoms with E-state index in [1.165, 1.54) is 12.1 Å². The maximum Gasteiger partial charge on any atom is 0.245 e. The summed E-state index contributed by atoms with van der Waals surface area (Å²) in [6.45, 7) is 2.52. The van der Waals surface area contributed by atoms with Gasteiger partial charge in [-0.1, -0.05) is 12.1 Å². The molecule has 2 atom stereocenters. The van der Waals surface area contributed by atoms with E-state index < -0.39 is 12.1 Å². The molecule has 0 aromatic heterocycles. The number of rotatable bonds is 4. The molecule has 0 radical (unpaired) electrons. The SMILES string of the molecule is Cl.NC1CCN(C(Cc2ccc(F)cc2)C(=O)N2CCOCC2)C1=O. The fourth-order valence-electron chi connectivity index (χ4n) is 3.20. The van der Waals surface area contributed by atoms with Gasteiger partial charge in [0.1, 0.15) is 11.9 Å². The van der Waals surface area contributed by atoms with Crippen LogP contribution in [0, 0.1) is 5.82 Å². The van der Waals surface area contributed by atoms with Crippen LogP contribution in [0.25, 0.3) is 0 Å². The summed E-state index contributed by atoms with van der Waals surface area (Å²) in [6.07, 6.45) is 0.907. The normalized spacial score (nSPS) is 21.8. The van der Waals surface area contributed by atoms with Crippen LogP contribution < -0.4 is 5.73 Å². The van der Waals surface area contributed by atoms with Gasteiger partial charge in [-0.25, -0.2) is 4.39 Å². The van der Waals surface area contributed by atoms with Gasteiger partial charge in [0, 0.05) is 26.1 Å².